The van der Waals surface area contributed by atoms with Crippen LogP contribution in [0.4, 0.5) is 0 Å². The molecular weight excluding hydrogens is 220 g/mol. The van der Waals surface area contributed by atoms with Crippen molar-refractivity contribution in [2.75, 3.05) is 19.6 Å². The molecule has 0 aromatic heterocycles. The molecule has 17 heavy (non-hydrogen) atoms. The van der Waals surface area contributed by atoms with Crippen molar-refractivity contribution in [3.8, 4) is 0 Å². The molecule has 2 heterocycles. The summed E-state index contributed by atoms with van der Waals surface area (Å²) in [4.78, 5) is 37.1. The minimum absolute atomic E-state index is 0.121. The van der Waals surface area contributed by atoms with E-state index in [4.69, 9.17) is 0 Å². The first-order chi connectivity index (χ1) is 8.08. The van der Waals surface area contributed by atoms with Crippen LogP contribution in [0, 0.1) is 5.92 Å². The van der Waals surface area contributed by atoms with Crippen LogP contribution in [0.3, 0.4) is 0 Å². The van der Waals surface area contributed by atoms with Gasteiger partial charge in [0.15, 0.2) is 0 Å². The molecule has 0 unspecified atom stereocenters. The molecule has 2 rings (SSSR count). The summed E-state index contributed by atoms with van der Waals surface area (Å²) in [6, 6.07) is 0. The predicted molar refractivity (Wildman–Crippen MR) is 60.8 cm³/mol. The third-order valence-electron chi connectivity index (χ3n) is 3.09. The Kier molecular flexibility index (Phi) is 3.26. The van der Waals surface area contributed by atoms with Gasteiger partial charge in [0.05, 0.1) is 0 Å². The summed E-state index contributed by atoms with van der Waals surface area (Å²) in [6.45, 7) is 4.11. The minimum Gasteiger partial charge on any atom is -0.342 e. The van der Waals surface area contributed by atoms with Gasteiger partial charge in [-0.1, -0.05) is 6.92 Å². The molecule has 2 aliphatic heterocycles. The molecule has 0 radical (unpaired) electrons. The van der Waals surface area contributed by atoms with Crippen LogP contribution in [-0.4, -0.2) is 47.2 Å². The lowest BCUT2D eigenvalue weighted by Gasteiger charge is -2.37. The number of rotatable bonds is 4. The normalized spacial score (nSPS) is 20.1. The zero-order chi connectivity index (χ0) is 12.4. The monoisotopic (exact) mass is 236 g/mol. The van der Waals surface area contributed by atoms with Crippen molar-refractivity contribution in [3.05, 3.63) is 12.2 Å². The molecule has 0 aromatic rings. The zero-order valence-electron chi connectivity index (χ0n) is 9.89. The van der Waals surface area contributed by atoms with Gasteiger partial charge >= 0.3 is 0 Å². The fourth-order valence-electron chi connectivity index (χ4n) is 2.10. The predicted octanol–water partition coefficient (Wildman–Crippen LogP) is 0.170. The number of carbonyl (C=O) groups is 3. The molecule has 0 N–H and O–H groups in total. The first-order valence-electron chi connectivity index (χ1n) is 5.89. The second-order valence-electron chi connectivity index (χ2n) is 4.67. The standard InChI is InChI=1S/C12H16N2O3/c1-9-7-13(8-9)10(15)3-2-6-14-11(16)4-5-12(14)17/h4-5,9H,2-3,6-8H2,1H3. The van der Waals surface area contributed by atoms with E-state index in [-0.39, 0.29) is 17.7 Å². The van der Waals surface area contributed by atoms with E-state index in [1.807, 2.05) is 4.90 Å². The molecule has 0 aromatic carbocycles. The highest BCUT2D eigenvalue weighted by molar-refractivity contribution is 6.12. The van der Waals surface area contributed by atoms with Crippen LogP contribution in [-0.2, 0) is 14.4 Å². The molecule has 0 aliphatic carbocycles. The summed E-state index contributed by atoms with van der Waals surface area (Å²) in [5.74, 6) is 0.167. The Bertz CT molecular complexity index is 365. The van der Waals surface area contributed by atoms with Crippen molar-refractivity contribution in [3.63, 3.8) is 0 Å². The summed E-state index contributed by atoms with van der Waals surface area (Å²) >= 11 is 0. The third-order valence-corrected chi connectivity index (χ3v) is 3.09. The highest BCUT2D eigenvalue weighted by Gasteiger charge is 2.27. The average molecular weight is 236 g/mol. The van der Waals surface area contributed by atoms with Crippen LogP contribution in [0.2, 0.25) is 0 Å². The number of amides is 3. The van der Waals surface area contributed by atoms with Crippen molar-refractivity contribution in [1.82, 2.24) is 9.80 Å². The summed E-state index contributed by atoms with van der Waals surface area (Å²) in [5, 5.41) is 0. The molecule has 0 spiro atoms. The van der Waals surface area contributed by atoms with Gasteiger partial charge in [0, 0.05) is 38.2 Å². The first kappa shape index (κ1) is 11.8. The highest BCUT2D eigenvalue weighted by Crippen LogP contribution is 2.16. The van der Waals surface area contributed by atoms with E-state index in [9.17, 15) is 14.4 Å². The van der Waals surface area contributed by atoms with Crippen LogP contribution >= 0.6 is 0 Å². The van der Waals surface area contributed by atoms with Gasteiger partial charge in [0.1, 0.15) is 0 Å². The van der Waals surface area contributed by atoms with Gasteiger partial charge in [-0.05, 0) is 12.3 Å². The molecule has 92 valence electrons. The number of imide groups is 1. The van der Waals surface area contributed by atoms with E-state index >= 15 is 0 Å². The quantitative estimate of drug-likeness (QED) is 0.654. The molecule has 0 bridgehead atoms. The van der Waals surface area contributed by atoms with Gasteiger partial charge in [0.2, 0.25) is 5.91 Å². The topological polar surface area (TPSA) is 57.7 Å². The van der Waals surface area contributed by atoms with Crippen LogP contribution in [0.25, 0.3) is 0 Å². The van der Waals surface area contributed by atoms with E-state index in [0.29, 0.717) is 25.3 Å². The third kappa shape index (κ3) is 2.54. The molecule has 1 fully saturated rings. The lowest BCUT2D eigenvalue weighted by atomic mass is 10.0. The Balaban J connectivity index is 1.68. The maximum absolute atomic E-state index is 11.6. The van der Waals surface area contributed by atoms with E-state index in [1.54, 1.807) is 0 Å². The van der Waals surface area contributed by atoms with Crippen molar-refractivity contribution in [1.29, 1.82) is 0 Å². The summed E-state index contributed by atoms with van der Waals surface area (Å²) in [6.07, 6.45) is 3.48. The fourth-order valence-corrected chi connectivity index (χ4v) is 2.10. The van der Waals surface area contributed by atoms with Gasteiger partial charge in [-0.3, -0.25) is 19.3 Å². The second kappa shape index (κ2) is 4.69. The number of nitrogens with zero attached hydrogens (tertiary/aromatic N) is 2. The maximum Gasteiger partial charge on any atom is 0.253 e. The second-order valence-corrected chi connectivity index (χ2v) is 4.67. The van der Waals surface area contributed by atoms with E-state index in [2.05, 4.69) is 6.92 Å². The number of carbonyl (C=O) groups excluding carboxylic acids is 3. The lowest BCUT2D eigenvalue weighted by Crippen LogP contribution is -2.48. The molecule has 0 atom stereocenters. The van der Waals surface area contributed by atoms with Crippen molar-refractivity contribution in [2.24, 2.45) is 5.92 Å². The van der Waals surface area contributed by atoms with Crippen molar-refractivity contribution < 1.29 is 14.4 Å². The Labute approximate surface area is 100 Å². The number of likely N-dealkylation sites (tertiary alicyclic amines) is 1. The van der Waals surface area contributed by atoms with E-state index < -0.39 is 0 Å². The van der Waals surface area contributed by atoms with E-state index in [0.717, 1.165) is 13.1 Å². The summed E-state index contributed by atoms with van der Waals surface area (Å²) < 4.78 is 0. The first-order valence-corrected chi connectivity index (χ1v) is 5.89. The Morgan fingerprint density at radius 3 is 2.41 bits per heavy atom. The Morgan fingerprint density at radius 2 is 1.88 bits per heavy atom. The minimum atomic E-state index is -0.278. The van der Waals surface area contributed by atoms with E-state index in [1.165, 1.54) is 17.1 Å². The lowest BCUT2D eigenvalue weighted by molar-refractivity contribution is -0.140. The molecule has 3 amide bonds. The van der Waals surface area contributed by atoms with Gasteiger partial charge in [-0.15, -0.1) is 0 Å². The van der Waals surface area contributed by atoms with Gasteiger partial charge in [-0.2, -0.15) is 0 Å². The number of hydrogen-bond donors (Lipinski definition) is 0. The zero-order valence-corrected chi connectivity index (χ0v) is 9.89. The van der Waals surface area contributed by atoms with Crippen molar-refractivity contribution >= 4 is 17.7 Å². The van der Waals surface area contributed by atoms with Crippen LogP contribution < -0.4 is 0 Å². The van der Waals surface area contributed by atoms with Crippen LogP contribution in [0.1, 0.15) is 19.8 Å². The molecule has 1 saturated heterocycles. The van der Waals surface area contributed by atoms with Crippen LogP contribution in [0.5, 0.6) is 0 Å². The average Bonchev–Trinajstić information content (AvgIpc) is 2.56. The van der Waals surface area contributed by atoms with Gasteiger partial charge < -0.3 is 4.90 Å². The Morgan fingerprint density at radius 1 is 1.29 bits per heavy atom. The number of hydrogen-bond acceptors (Lipinski definition) is 3. The van der Waals surface area contributed by atoms with Crippen molar-refractivity contribution in [2.45, 2.75) is 19.8 Å². The molecule has 5 nitrogen and oxygen atoms in total. The Hall–Kier alpha value is -1.65. The summed E-state index contributed by atoms with van der Waals surface area (Å²) in [7, 11) is 0. The molecule has 5 heteroatoms. The largest absolute Gasteiger partial charge is 0.342 e. The summed E-state index contributed by atoms with van der Waals surface area (Å²) in [5.41, 5.74) is 0. The fraction of sp³-hybridized carbons (Fsp3) is 0.583. The maximum atomic E-state index is 11.6. The smallest absolute Gasteiger partial charge is 0.253 e. The van der Waals surface area contributed by atoms with Gasteiger partial charge in [-0.25, -0.2) is 0 Å². The molecule has 2 aliphatic rings. The molecular formula is C12H16N2O3. The highest BCUT2D eigenvalue weighted by atomic mass is 16.2. The SMILES string of the molecule is CC1CN(C(=O)CCCN2C(=O)C=CC2=O)C1. The van der Waals surface area contributed by atoms with Crippen LogP contribution in [0.15, 0.2) is 12.2 Å². The molecule has 0 saturated carbocycles. The van der Waals surface area contributed by atoms with Gasteiger partial charge in [0.25, 0.3) is 11.8 Å².